The summed E-state index contributed by atoms with van der Waals surface area (Å²) in [7, 11) is 0. The van der Waals surface area contributed by atoms with E-state index >= 15 is 0 Å². The molecule has 330 valence electrons. The van der Waals surface area contributed by atoms with Crippen molar-refractivity contribution in [2.45, 2.75) is 173 Å². The van der Waals surface area contributed by atoms with Gasteiger partial charge in [-0.15, -0.1) is 0 Å². The number of ether oxygens (including phenoxy) is 1. The average Bonchev–Trinajstić information content (AvgIpc) is 3.15. The molecule has 0 N–H and O–H groups in total. The van der Waals surface area contributed by atoms with Gasteiger partial charge in [-0.2, -0.15) is 0 Å². The summed E-state index contributed by atoms with van der Waals surface area (Å²) in [6, 6.07) is 24.9. The van der Waals surface area contributed by atoms with Gasteiger partial charge in [-0.25, -0.2) is 0 Å². The van der Waals surface area contributed by atoms with Crippen LogP contribution in [0.1, 0.15) is 179 Å². The number of aryl methyl sites for hydroxylation is 3. The first-order chi connectivity index (χ1) is 28.0. The molecule has 3 aromatic rings. The van der Waals surface area contributed by atoms with Crippen LogP contribution < -0.4 is 0 Å². The molecule has 0 saturated heterocycles. The van der Waals surface area contributed by atoms with Gasteiger partial charge in [-0.05, 0) is 150 Å². The molecule has 3 rings (SSSR count). The average molecular weight is 815 g/mol. The van der Waals surface area contributed by atoms with Crippen LogP contribution in [0.3, 0.4) is 0 Å². The Morgan fingerprint density at radius 1 is 0.600 bits per heavy atom. The van der Waals surface area contributed by atoms with Crippen molar-refractivity contribution >= 4 is 16.9 Å². The molecule has 0 bridgehead atoms. The fourth-order valence-electron chi connectivity index (χ4n) is 8.54. The van der Waals surface area contributed by atoms with Crippen LogP contribution in [0.5, 0.6) is 0 Å². The van der Waals surface area contributed by atoms with Crippen molar-refractivity contribution in [3.63, 3.8) is 0 Å². The van der Waals surface area contributed by atoms with Crippen molar-refractivity contribution < 1.29 is 9.53 Å². The molecular weight excluding hydrogens is 729 g/mol. The third kappa shape index (κ3) is 18.5. The maximum Gasteiger partial charge on any atom is 0.136 e. The first kappa shape index (κ1) is 50.7. The van der Waals surface area contributed by atoms with E-state index in [0.717, 1.165) is 101 Å². The number of allylic oxidation sites excluding steroid dienone is 3. The number of carbonyl (C=O) groups excluding carboxylic acids is 1. The first-order valence-electron chi connectivity index (χ1n) is 23.5. The zero-order valence-electron chi connectivity index (χ0n) is 40.6. The van der Waals surface area contributed by atoms with Crippen molar-refractivity contribution in [1.29, 1.82) is 0 Å². The second kappa shape index (κ2) is 23.5. The van der Waals surface area contributed by atoms with Gasteiger partial charge >= 0.3 is 0 Å². The Balaban J connectivity index is 1.37. The molecule has 0 saturated carbocycles. The Hall–Kier alpha value is -3.65. The third-order valence-electron chi connectivity index (χ3n) is 12.3. The fraction of sp³-hybridized carbons (Fsp3) is 0.569. The molecule has 0 fully saturated rings. The van der Waals surface area contributed by atoms with E-state index in [-0.39, 0.29) is 22.2 Å². The van der Waals surface area contributed by atoms with Crippen LogP contribution in [-0.2, 0) is 35.2 Å². The monoisotopic (exact) mass is 815 g/mol. The van der Waals surface area contributed by atoms with Crippen LogP contribution >= 0.6 is 0 Å². The van der Waals surface area contributed by atoms with Crippen LogP contribution in [0.15, 0.2) is 92.2 Å². The lowest BCUT2D eigenvalue weighted by atomic mass is 9.71. The number of carbonyl (C=O) groups is 1. The standard InChI is InChI=1S/C58H86O2/c1-42(2)53(40-56(7,8)9)55(59)25-21-17-16-19-23-47-26-31-50(32-27-47)43(3)37-49-30-35-52(44(4)38-49)39-45(5)51-33-28-48(29-34-51)24-20-18-22-36-60-46(6)54(58(13,14)15)41-57(10,11)12/h26-35,38,42,53-54H,3,5-6,16-25,36-37,39-41H2,1-2,4,7-15H3. The molecule has 0 aliphatic rings. The lowest BCUT2D eigenvalue weighted by molar-refractivity contribution is -0.125. The maximum absolute atomic E-state index is 12.9. The Labute approximate surface area is 369 Å². The zero-order chi connectivity index (χ0) is 44.7. The molecule has 0 aromatic heterocycles. The lowest BCUT2D eigenvalue weighted by Crippen LogP contribution is -2.28. The second-order valence-corrected chi connectivity index (χ2v) is 22.0. The van der Waals surface area contributed by atoms with Crippen molar-refractivity contribution in [1.82, 2.24) is 0 Å². The van der Waals surface area contributed by atoms with Crippen LogP contribution in [0.4, 0.5) is 0 Å². The van der Waals surface area contributed by atoms with Gasteiger partial charge in [-0.3, -0.25) is 4.79 Å². The summed E-state index contributed by atoms with van der Waals surface area (Å²) in [5.74, 6) is 2.39. The van der Waals surface area contributed by atoms with Gasteiger partial charge < -0.3 is 4.74 Å². The largest absolute Gasteiger partial charge is 0.498 e. The number of benzene rings is 3. The highest BCUT2D eigenvalue weighted by molar-refractivity contribution is 5.81. The van der Waals surface area contributed by atoms with Gasteiger partial charge in [0.15, 0.2) is 0 Å². The van der Waals surface area contributed by atoms with E-state index in [4.69, 9.17) is 4.74 Å². The molecule has 0 aliphatic carbocycles. The summed E-state index contributed by atoms with van der Waals surface area (Å²) in [5, 5.41) is 0. The molecule has 0 radical (unpaired) electrons. The van der Waals surface area contributed by atoms with E-state index in [9.17, 15) is 4.79 Å². The molecule has 0 amide bonds. The van der Waals surface area contributed by atoms with Crippen molar-refractivity contribution in [3.05, 3.63) is 131 Å². The summed E-state index contributed by atoms with van der Waals surface area (Å²) in [5.41, 5.74) is 12.0. The number of hydrogen-bond donors (Lipinski definition) is 0. The van der Waals surface area contributed by atoms with Crippen molar-refractivity contribution in [3.8, 4) is 0 Å². The van der Waals surface area contributed by atoms with Crippen molar-refractivity contribution in [2.24, 2.45) is 34.0 Å². The Bertz CT molecular complexity index is 1800. The Kier molecular flexibility index (Phi) is 19.9. The molecule has 2 nitrogen and oxygen atoms in total. The molecule has 2 unspecified atom stereocenters. The zero-order valence-corrected chi connectivity index (χ0v) is 40.6. The fourth-order valence-corrected chi connectivity index (χ4v) is 8.54. The number of hydrogen-bond acceptors (Lipinski definition) is 2. The minimum absolute atomic E-state index is 0.146. The topological polar surface area (TPSA) is 26.3 Å². The van der Waals surface area contributed by atoms with Gasteiger partial charge in [0, 0.05) is 18.3 Å². The summed E-state index contributed by atoms with van der Waals surface area (Å²) >= 11 is 0. The van der Waals surface area contributed by atoms with Crippen LogP contribution in [0.2, 0.25) is 0 Å². The highest BCUT2D eigenvalue weighted by atomic mass is 16.5. The summed E-state index contributed by atoms with van der Waals surface area (Å²) in [6.45, 7) is 41.2. The quantitative estimate of drug-likeness (QED) is 0.0629. The van der Waals surface area contributed by atoms with E-state index in [0.29, 0.717) is 17.6 Å². The molecule has 60 heavy (non-hydrogen) atoms. The number of Topliss-reactive ketones (excluding diaryl/α,β-unsaturated/α-hetero) is 1. The van der Waals surface area contributed by atoms with Gasteiger partial charge in [0.2, 0.25) is 0 Å². The predicted molar refractivity (Wildman–Crippen MR) is 263 cm³/mol. The van der Waals surface area contributed by atoms with Crippen LogP contribution in [0, 0.1) is 40.9 Å². The van der Waals surface area contributed by atoms with E-state index in [2.05, 4.69) is 170 Å². The first-order valence-corrected chi connectivity index (χ1v) is 23.5. The van der Waals surface area contributed by atoms with Crippen LogP contribution in [-0.4, -0.2) is 12.4 Å². The van der Waals surface area contributed by atoms with E-state index in [1.165, 1.54) is 51.8 Å². The molecule has 0 heterocycles. The highest BCUT2D eigenvalue weighted by Crippen LogP contribution is 2.40. The van der Waals surface area contributed by atoms with Gasteiger partial charge in [0.05, 0.1) is 12.4 Å². The Morgan fingerprint density at radius 2 is 1.08 bits per heavy atom. The summed E-state index contributed by atoms with van der Waals surface area (Å²) < 4.78 is 6.20. The number of ketones is 1. The normalized spacial score (nSPS) is 13.3. The minimum atomic E-state index is 0.146. The van der Waals surface area contributed by atoms with Crippen LogP contribution in [0.25, 0.3) is 11.1 Å². The van der Waals surface area contributed by atoms with E-state index in [1.807, 2.05) is 0 Å². The second-order valence-electron chi connectivity index (χ2n) is 22.0. The predicted octanol–water partition coefficient (Wildman–Crippen LogP) is 16.6. The molecule has 2 atom stereocenters. The number of rotatable bonds is 25. The summed E-state index contributed by atoms with van der Waals surface area (Å²) in [6.07, 6.45) is 14.5. The SMILES string of the molecule is C=C(Cc1ccc(CC(=C)c2ccc(CCCCCOC(=C)C(CC(C)(C)C)C(C)(C)C)cc2)c(C)c1)c1ccc(CCCCCCC(=O)C(CC(C)(C)C)C(C)C)cc1. The van der Waals surface area contributed by atoms with Crippen molar-refractivity contribution in [2.75, 3.05) is 6.61 Å². The lowest BCUT2D eigenvalue weighted by Gasteiger charge is -2.36. The van der Waals surface area contributed by atoms with E-state index in [1.54, 1.807) is 0 Å². The van der Waals surface area contributed by atoms with E-state index < -0.39 is 0 Å². The molecule has 3 aromatic carbocycles. The number of unbranched alkanes of at least 4 members (excludes halogenated alkanes) is 5. The molecular formula is C58H86O2. The Morgan fingerprint density at radius 3 is 1.57 bits per heavy atom. The highest BCUT2D eigenvalue weighted by Gasteiger charge is 2.32. The summed E-state index contributed by atoms with van der Waals surface area (Å²) in [4.78, 5) is 12.9. The minimum Gasteiger partial charge on any atom is -0.498 e. The maximum atomic E-state index is 12.9. The molecule has 0 spiro atoms. The smallest absolute Gasteiger partial charge is 0.136 e. The van der Waals surface area contributed by atoms with Gasteiger partial charge in [0.25, 0.3) is 0 Å². The molecule has 2 heteroatoms. The molecule has 0 aliphatic heterocycles. The third-order valence-corrected chi connectivity index (χ3v) is 12.3. The van der Waals surface area contributed by atoms with Gasteiger partial charge in [-0.1, -0.05) is 175 Å². The van der Waals surface area contributed by atoms with Gasteiger partial charge in [0.1, 0.15) is 5.78 Å².